The van der Waals surface area contributed by atoms with Crippen molar-refractivity contribution >= 4 is 5.97 Å². The average Bonchev–Trinajstić information content (AvgIpc) is 2.63. The van der Waals surface area contributed by atoms with Crippen LogP contribution < -0.4 is 4.74 Å². The minimum Gasteiger partial charge on any atom is -0.491 e. The van der Waals surface area contributed by atoms with E-state index in [1.807, 2.05) is 0 Å². The Kier molecular flexibility index (Phi) is 5.21. The summed E-state index contributed by atoms with van der Waals surface area (Å²) in [4.78, 5) is 11.4. The predicted octanol–water partition coefficient (Wildman–Crippen LogP) is 4.48. The van der Waals surface area contributed by atoms with Crippen LogP contribution >= 0.6 is 0 Å². The molecule has 0 spiro atoms. The van der Waals surface area contributed by atoms with Gasteiger partial charge >= 0.3 is 5.97 Å². The molecule has 0 radical (unpaired) electrons. The summed E-state index contributed by atoms with van der Waals surface area (Å²) in [5.41, 5.74) is 1.13. The van der Waals surface area contributed by atoms with Crippen molar-refractivity contribution in [1.29, 1.82) is 0 Å². The van der Waals surface area contributed by atoms with Gasteiger partial charge in [0.1, 0.15) is 12.4 Å². The molecule has 1 aromatic rings. The van der Waals surface area contributed by atoms with E-state index in [0.717, 1.165) is 30.1 Å². The molecule has 4 bridgehead atoms. The van der Waals surface area contributed by atoms with Crippen molar-refractivity contribution in [2.75, 3.05) is 26.9 Å². The van der Waals surface area contributed by atoms with Crippen LogP contribution in [0.25, 0.3) is 0 Å². The lowest BCUT2D eigenvalue weighted by atomic mass is 9.49. The van der Waals surface area contributed by atoms with Gasteiger partial charge in [-0.25, -0.2) is 4.79 Å². The molecule has 0 N–H and O–H groups in total. The highest BCUT2D eigenvalue weighted by Gasteiger charge is 2.50. The van der Waals surface area contributed by atoms with Gasteiger partial charge in [-0.15, -0.1) is 0 Å². The molecular weight excluding hydrogens is 328 g/mol. The number of hydrogen-bond donors (Lipinski definition) is 0. The lowest BCUT2D eigenvalue weighted by Crippen LogP contribution is -2.46. The normalized spacial score (nSPS) is 31.8. The Balaban J connectivity index is 1.14. The Morgan fingerprint density at radius 3 is 2.15 bits per heavy atom. The Bertz CT molecular complexity index is 586. The molecule has 0 amide bonds. The fourth-order valence-electron chi connectivity index (χ4n) is 6.01. The molecule has 0 aromatic heterocycles. The van der Waals surface area contributed by atoms with Gasteiger partial charge in [-0.3, -0.25) is 0 Å². The SMILES string of the molecule is COC(=O)c1ccc(OCCOCCC23CC4CC(CC(C4)C2)C3)cc1. The van der Waals surface area contributed by atoms with Gasteiger partial charge in [-0.1, -0.05) is 0 Å². The Hall–Kier alpha value is -1.55. The topological polar surface area (TPSA) is 44.8 Å². The Morgan fingerprint density at radius 1 is 0.962 bits per heavy atom. The second kappa shape index (κ2) is 7.59. The van der Waals surface area contributed by atoms with Crippen molar-refractivity contribution in [1.82, 2.24) is 0 Å². The minimum absolute atomic E-state index is 0.329. The monoisotopic (exact) mass is 358 g/mol. The zero-order valence-corrected chi connectivity index (χ0v) is 15.7. The smallest absolute Gasteiger partial charge is 0.337 e. The first kappa shape index (κ1) is 17.8. The van der Waals surface area contributed by atoms with E-state index < -0.39 is 0 Å². The number of methoxy groups -OCH3 is 1. The fourth-order valence-corrected chi connectivity index (χ4v) is 6.01. The average molecular weight is 358 g/mol. The van der Waals surface area contributed by atoms with Gasteiger partial charge in [0.05, 0.1) is 19.3 Å². The highest BCUT2D eigenvalue weighted by atomic mass is 16.5. The van der Waals surface area contributed by atoms with E-state index >= 15 is 0 Å². The van der Waals surface area contributed by atoms with Crippen molar-refractivity contribution in [2.45, 2.75) is 44.9 Å². The number of rotatable bonds is 8. The number of benzene rings is 1. The number of ether oxygens (including phenoxy) is 3. The zero-order chi connectivity index (χ0) is 18.0. The molecule has 4 aliphatic carbocycles. The number of hydrogen-bond acceptors (Lipinski definition) is 4. The maximum atomic E-state index is 11.4. The van der Waals surface area contributed by atoms with Gasteiger partial charge in [0.2, 0.25) is 0 Å². The molecule has 4 aliphatic rings. The standard InChI is InChI=1S/C22H30O4/c1-24-21(23)19-2-4-20(5-3-19)26-9-8-25-7-6-22-13-16-10-17(14-22)12-18(11-16)15-22/h2-5,16-18H,6-15H2,1H3. The maximum Gasteiger partial charge on any atom is 0.337 e. The largest absolute Gasteiger partial charge is 0.491 e. The summed E-state index contributed by atoms with van der Waals surface area (Å²) in [7, 11) is 1.38. The van der Waals surface area contributed by atoms with Crippen LogP contribution in [0.1, 0.15) is 55.3 Å². The summed E-state index contributed by atoms with van der Waals surface area (Å²) in [6.07, 6.45) is 10.1. The fraction of sp³-hybridized carbons (Fsp3) is 0.682. The number of carbonyl (C=O) groups excluding carboxylic acids is 1. The van der Waals surface area contributed by atoms with E-state index in [9.17, 15) is 4.79 Å². The summed E-state index contributed by atoms with van der Waals surface area (Å²) in [6, 6.07) is 7.02. The molecule has 4 saturated carbocycles. The van der Waals surface area contributed by atoms with Crippen molar-refractivity contribution in [3.8, 4) is 5.75 Å². The first-order valence-electron chi connectivity index (χ1n) is 10.0. The van der Waals surface area contributed by atoms with Gasteiger partial charge in [-0.2, -0.15) is 0 Å². The molecule has 4 heteroatoms. The molecule has 4 fully saturated rings. The van der Waals surface area contributed by atoms with Gasteiger partial charge in [-0.05, 0) is 92.4 Å². The van der Waals surface area contributed by atoms with Crippen LogP contribution in [-0.2, 0) is 9.47 Å². The molecule has 0 aliphatic heterocycles. The molecule has 0 atom stereocenters. The molecule has 0 unspecified atom stereocenters. The lowest BCUT2D eigenvalue weighted by Gasteiger charge is -2.57. The van der Waals surface area contributed by atoms with Crippen molar-refractivity contribution in [3.05, 3.63) is 29.8 Å². The van der Waals surface area contributed by atoms with Gasteiger partial charge < -0.3 is 14.2 Å². The summed E-state index contributed by atoms with van der Waals surface area (Å²) in [5, 5.41) is 0. The lowest BCUT2D eigenvalue weighted by molar-refractivity contribution is -0.0697. The predicted molar refractivity (Wildman–Crippen MR) is 99.3 cm³/mol. The van der Waals surface area contributed by atoms with Gasteiger partial charge in [0, 0.05) is 6.61 Å². The van der Waals surface area contributed by atoms with Crippen LogP contribution in [0.15, 0.2) is 24.3 Å². The summed E-state index contributed by atoms with van der Waals surface area (Å²) < 4.78 is 16.3. The second-order valence-electron chi connectivity index (χ2n) is 8.64. The van der Waals surface area contributed by atoms with Crippen LogP contribution in [0.2, 0.25) is 0 Å². The van der Waals surface area contributed by atoms with Crippen LogP contribution in [0.5, 0.6) is 5.75 Å². The van der Waals surface area contributed by atoms with Gasteiger partial charge in [0.15, 0.2) is 0 Å². The molecule has 1 aromatic carbocycles. The Labute approximate surface area is 156 Å². The Morgan fingerprint density at radius 2 is 1.58 bits per heavy atom. The minimum atomic E-state index is -0.329. The zero-order valence-electron chi connectivity index (χ0n) is 15.7. The molecule has 0 saturated heterocycles. The first-order chi connectivity index (χ1) is 12.7. The van der Waals surface area contributed by atoms with Crippen LogP contribution in [0.4, 0.5) is 0 Å². The maximum absolute atomic E-state index is 11.4. The van der Waals surface area contributed by atoms with E-state index in [-0.39, 0.29) is 5.97 Å². The summed E-state index contributed by atoms with van der Waals surface area (Å²) in [6.45, 7) is 2.01. The number of carbonyl (C=O) groups is 1. The molecule has 4 nitrogen and oxygen atoms in total. The molecule has 0 heterocycles. The summed E-state index contributed by atoms with van der Waals surface area (Å²) >= 11 is 0. The first-order valence-corrected chi connectivity index (χ1v) is 10.0. The third-order valence-corrected chi connectivity index (χ3v) is 6.71. The molecule has 142 valence electrons. The van der Waals surface area contributed by atoms with E-state index in [0.29, 0.717) is 24.2 Å². The highest BCUT2D eigenvalue weighted by Crippen LogP contribution is 2.61. The van der Waals surface area contributed by atoms with E-state index in [1.165, 1.54) is 52.1 Å². The number of esters is 1. The molecule has 26 heavy (non-hydrogen) atoms. The summed E-state index contributed by atoms with van der Waals surface area (Å²) in [5.74, 6) is 3.46. The van der Waals surface area contributed by atoms with E-state index in [4.69, 9.17) is 9.47 Å². The molecule has 5 rings (SSSR count). The van der Waals surface area contributed by atoms with Crippen LogP contribution in [-0.4, -0.2) is 32.9 Å². The van der Waals surface area contributed by atoms with Crippen molar-refractivity contribution in [3.63, 3.8) is 0 Å². The van der Waals surface area contributed by atoms with E-state index in [1.54, 1.807) is 24.3 Å². The third-order valence-electron chi connectivity index (χ3n) is 6.71. The van der Waals surface area contributed by atoms with Crippen molar-refractivity contribution in [2.24, 2.45) is 23.2 Å². The quantitative estimate of drug-likeness (QED) is 0.508. The second-order valence-corrected chi connectivity index (χ2v) is 8.64. The molecular formula is C22H30O4. The van der Waals surface area contributed by atoms with E-state index in [2.05, 4.69) is 4.74 Å². The van der Waals surface area contributed by atoms with Gasteiger partial charge in [0.25, 0.3) is 0 Å². The van der Waals surface area contributed by atoms with Crippen LogP contribution in [0.3, 0.4) is 0 Å². The van der Waals surface area contributed by atoms with Crippen LogP contribution in [0, 0.1) is 23.2 Å². The van der Waals surface area contributed by atoms with Crippen molar-refractivity contribution < 1.29 is 19.0 Å². The third kappa shape index (κ3) is 3.90. The highest BCUT2D eigenvalue weighted by molar-refractivity contribution is 5.89.